The number of carbonyl (C=O) groups excluding carboxylic acids is 1. The molecule has 0 saturated carbocycles. The molecule has 0 aromatic heterocycles. The van der Waals surface area contributed by atoms with Crippen LogP contribution in [0.15, 0.2) is 23.1 Å². The van der Waals surface area contributed by atoms with Crippen LogP contribution in [0.25, 0.3) is 0 Å². The minimum atomic E-state index is -3.57. The maximum atomic E-state index is 11.9. The summed E-state index contributed by atoms with van der Waals surface area (Å²) in [5.41, 5.74) is 2.29. The van der Waals surface area contributed by atoms with Crippen molar-refractivity contribution in [3.63, 3.8) is 0 Å². The van der Waals surface area contributed by atoms with E-state index in [0.29, 0.717) is 0 Å². The largest absolute Gasteiger partial charge is 0.468 e. The first kappa shape index (κ1) is 12.1. The second kappa shape index (κ2) is 4.49. The summed E-state index contributed by atoms with van der Waals surface area (Å²) in [4.78, 5) is 11.2. The Balaban J connectivity index is 2.31. The molecule has 17 heavy (non-hydrogen) atoms. The SMILES string of the molecule is COC(=O)CS(=O)(=O)c1ccc2c(c1)CCC2. The first-order chi connectivity index (χ1) is 8.03. The summed E-state index contributed by atoms with van der Waals surface area (Å²) < 4.78 is 28.2. The first-order valence-electron chi connectivity index (χ1n) is 5.44. The highest BCUT2D eigenvalue weighted by Gasteiger charge is 2.22. The summed E-state index contributed by atoms with van der Waals surface area (Å²) in [6.45, 7) is 0. The average molecular weight is 254 g/mol. The summed E-state index contributed by atoms with van der Waals surface area (Å²) in [7, 11) is -2.39. The van der Waals surface area contributed by atoms with Crippen LogP contribution in [0.2, 0.25) is 0 Å². The third-order valence-corrected chi connectivity index (χ3v) is 4.55. The number of hydrogen-bond acceptors (Lipinski definition) is 4. The molecule has 1 aromatic rings. The van der Waals surface area contributed by atoms with E-state index in [9.17, 15) is 13.2 Å². The number of carbonyl (C=O) groups is 1. The van der Waals surface area contributed by atoms with Crippen molar-refractivity contribution in [1.82, 2.24) is 0 Å². The molecule has 0 spiro atoms. The van der Waals surface area contributed by atoms with Crippen molar-refractivity contribution in [2.45, 2.75) is 24.2 Å². The fourth-order valence-electron chi connectivity index (χ4n) is 2.04. The molecular weight excluding hydrogens is 240 g/mol. The van der Waals surface area contributed by atoms with Crippen LogP contribution >= 0.6 is 0 Å². The van der Waals surface area contributed by atoms with Crippen LogP contribution in [0.1, 0.15) is 17.5 Å². The van der Waals surface area contributed by atoms with Crippen LogP contribution in [0.3, 0.4) is 0 Å². The molecule has 0 aliphatic heterocycles. The number of sulfone groups is 1. The molecule has 92 valence electrons. The van der Waals surface area contributed by atoms with E-state index in [0.717, 1.165) is 24.8 Å². The van der Waals surface area contributed by atoms with Gasteiger partial charge in [0.05, 0.1) is 12.0 Å². The van der Waals surface area contributed by atoms with Crippen molar-refractivity contribution in [2.24, 2.45) is 0 Å². The van der Waals surface area contributed by atoms with Crippen LogP contribution in [-0.2, 0) is 32.2 Å². The molecule has 2 rings (SSSR count). The van der Waals surface area contributed by atoms with E-state index < -0.39 is 21.6 Å². The highest BCUT2D eigenvalue weighted by Crippen LogP contribution is 2.25. The normalized spacial score (nSPS) is 14.4. The van der Waals surface area contributed by atoms with Crippen LogP contribution in [0.5, 0.6) is 0 Å². The molecule has 0 amide bonds. The summed E-state index contributed by atoms with van der Waals surface area (Å²) in [5.74, 6) is -1.33. The van der Waals surface area contributed by atoms with Gasteiger partial charge in [0.2, 0.25) is 0 Å². The Kier molecular flexibility index (Phi) is 3.19. The molecule has 0 N–H and O–H groups in total. The van der Waals surface area contributed by atoms with Gasteiger partial charge in [0.15, 0.2) is 15.6 Å². The van der Waals surface area contributed by atoms with Gasteiger partial charge in [-0.3, -0.25) is 4.79 Å². The van der Waals surface area contributed by atoms with E-state index >= 15 is 0 Å². The molecule has 0 fully saturated rings. The van der Waals surface area contributed by atoms with Gasteiger partial charge >= 0.3 is 5.97 Å². The van der Waals surface area contributed by atoms with Crippen molar-refractivity contribution in [3.05, 3.63) is 29.3 Å². The number of esters is 1. The number of hydrogen-bond donors (Lipinski definition) is 0. The highest BCUT2D eigenvalue weighted by atomic mass is 32.2. The van der Waals surface area contributed by atoms with E-state index in [2.05, 4.69) is 4.74 Å². The lowest BCUT2D eigenvalue weighted by Gasteiger charge is -2.05. The summed E-state index contributed by atoms with van der Waals surface area (Å²) >= 11 is 0. The maximum Gasteiger partial charge on any atom is 0.321 e. The molecule has 0 heterocycles. The Morgan fingerprint density at radius 3 is 2.71 bits per heavy atom. The number of ether oxygens (including phenoxy) is 1. The molecule has 0 bridgehead atoms. The summed E-state index contributed by atoms with van der Waals surface area (Å²) in [6, 6.07) is 5.09. The van der Waals surface area contributed by atoms with E-state index in [1.807, 2.05) is 6.07 Å². The van der Waals surface area contributed by atoms with E-state index in [-0.39, 0.29) is 4.90 Å². The lowest BCUT2D eigenvalue weighted by atomic mass is 10.1. The standard InChI is InChI=1S/C12H14O4S/c1-16-12(13)8-17(14,15)11-6-5-9-3-2-4-10(9)7-11/h5-7H,2-4,8H2,1H3. The number of rotatable bonds is 3. The Labute approximate surface area is 101 Å². The lowest BCUT2D eigenvalue weighted by molar-refractivity contribution is -0.137. The van der Waals surface area contributed by atoms with Crippen molar-refractivity contribution in [2.75, 3.05) is 12.9 Å². The smallest absolute Gasteiger partial charge is 0.321 e. The molecule has 0 saturated heterocycles. The van der Waals surface area contributed by atoms with Gasteiger partial charge in [0, 0.05) is 0 Å². The summed E-state index contributed by atoms with van der Waals surface area (Å²) in [5, 5.41) is 0. The molecule has 1 aliphatic rings. The van der Waals surface area contributed by atoms with Gasteiger partial charge in [-0.2, -0.15) is 0 Å². The second-order valence-electron chi connectivity index (χ2n) is 4.12. The monoisotopic (exact) mass is 254 g/mol. The van der Waals surface area contributed by atoms with E-state index in [1.54, 1.807) is 12.1 Å². The fourth-order valence-corrected chi connectivity index (χ4v) is 3.23. The van der Waals surface area contributed by atoms with Gasteiger partial charge in [-0.15, -0.1) is 0 Å². The van der Waals surface area contributed by atoms with Gasteiger partial charge in [-0.05, 0) is 42.5 Å². The molecule has 0 unspecified atom stereocenters. The summed E-state index contributed by atoms with van der Waals surface area (Å²) in [6.07, 6.45) is 2.99. The molecule has 1 aromatic carbocycles. The average Bonchev–Trinajstić information content (AvgIpc) is 2.75. The quantitative estimate of drug-likeness (QED) is 0.758. The molecule has 5 heteroatoms. The van der Waals surface area contributed by atoms with E-state index in [4.69, 9.17) is 0 Å². The minimum Gasteiger partial charge on any atom is -0.468 e. The zero-order valence-electron chi connectivity index (χ0n) is 9.60. The molecular formula is C12H14O4S. The molecule has 0 radical (unpaired) electrons. The third-order valence-electron chi connectivity index (χ3n) is 2.96. The topological polar surface area (TPSA) is 60.4 Å². The predicted octanol–water partition coefficient (Wildman–Crippen LogP) is 1.12. The number of fused-ring (bicyclic) bond motifs is 1. The van der Waals surface area contributed by atoms with Gasteiger partial charge < -0.3 is 4.74 Å². The highest BCUT2D eigenvalue weighted by molar-refractivity contribution is 7.92. The van der Waals surface area contributed by atoms with Crippen molar-refractivity contribution in [1.29, 1.82) is 0 Å². The molecule has 1 aliphatic carbocycles. The van der Waals surface area contributed by atoms with Crippen LogP contribution in [0, 0.1) is 0 Å². The molecule has 0 atom stereocenters. The Bertz CT molecular complexity index is 546. The molecule has 4 nitrogen and oxygen atoms in total. The third kappa shape index (κ3) is 2.49. The van der Waals surface area contributed by atoms with Gasteiger partial charge in [0.1, 0.15) is 0 Å². The van der Waals surface area contributed by atoms with Crippen molar-refractivity contribution < 1.29 is 17.9 Å². The van der Waals surface area contributed by atoms with Crippen LogP contribution in [-0.4, -0.2) is 27.2 Å². The van der Waals surface area contributed by atoms with Crippen LogP contribution < -0.4 is 0 Å². The Hall–Kier alpha value is -1.36. The van der Waals surface area contributed by atoms with Crippen LogP contribution in [0.4, 0.5) is 0 Å². The Morgan fingerprint density at radius 2 is 2.00 bits per heavy atom. The number of aryl methyl sites for hydroxylation is 2. The first-order valence-corrected chi connectivity index (χ1v) is 7.09. The van der Waals surface area contributed by atoms with E-state index in [1.165, 1.54) is 12.7 Å². The van der Waals surface area contributed by atoms with Gasteiger partial charge in [0.25, 0.3) is 0 Å². The van der Waals surface area contributed by atoms with Gasteiger partial charge in [-0.25, -0.2) is 8.42 Å². The van der Waals surface area contributed by atoms with Crippen molar-refractivity contribution >= 4 is 15.8 Å². The minimum absolute atomic E-state index is 0.212. The lowest BCUT2D eigenvalue weighted by Crippen LogP contribution is -2.17. The predicted molar refractivity (Wildman–Crippen MR) is 62.5 cm³/mol. The Morgan fingerprint density at radius 1 is 1.29 bits per heavy atom. The fraction of sp³-hybridized carbons (Fsp3) is 0.417. The number of methoxy groups -OCH3 is 1. The zero-order valence-corrected chi connectivity index (χ0v) is 10.4. The second-order valence-corrected chi connectivity index (χ2v) is 6.11. The van der Waals surface area contributed by atoms with Gasteiger partial charge in [-0.1, -0.05) is 6.07 Å². The maximum absolute atomic E-state index is 11.9. The van der Waals surface area contributed by atoms with Crippen molar-refractivity contribution in [3.8, 4) is 0 Å². The number of benzene rings is 1. The zero-order chi connectivity index (χ0) is 12.5.